The number of benzene rings is 1. The summed E-state index contributed by atoms with van der Waals surface area (Å²) in [5, 5.41) is 7.22. The Kier molecular flexibility index (Phi) is 4.27. The smallest absolute Gasteiger partial charge is 0.309 e. The average Bonchev–Trinajstić information content (AvgIpc) is 2.29. The average molecular weight is 218 g/mol. The molecule has 1 aromatic rings. The Balaban J connectivity index is 2.61. The Morgan fingerprint density at radius 3 is 2.56 bits per heavy atom. The van der Waals surface area contributed by atoms with E-state index in [0.717, 1.165) is 5.56 Å². The number of carbonyl (C=O) groups excluding carboxylic acids is 1. The molecule has 0 spiro atoms. The van der Waals surface area contributed by atoms with Crippen LogP contribution in [0.2, 0.25) is 0 Å². The van der Waals surface area contributed by atoms with Gasteiger partial charge in [-0.05, 0) is 5.56 Å². The quantitative estimate of drug-likeness (QED) is 0.457. The minimum atomic E-state index is -0.267. The number of hydrogen-bond acceptors (Lipinski definition) is 3. The van der Waals surface area contributed by atoms with Crippen LogP contribution in [0.5, 0.6) is 0 Å². The van der Waals surface area contributed by atoms with Gasteiger partial charge in [-0.25, -0.2) is 0 Å². The van der Waals surface area contributed by atoms with Crippen molar-refractivity contribution in [3.8, 4) is 0 Å². The van der Waals surface area contributed by atoms with Crippen LogP contribution in [0.1, 0.15) is 17.5 Å². The Bertz CT molecular complexity index is 408. The summed E-state index contributed by atoms with van der Waals surface area (Å²) in [7, 11) is 1.36. The molecule has 16 heavy (non-hydrogen) atoms. The summed E-state index contributed by atoms with van der Waals surface area (Å²) >= 11 is 0. The normalized spacial score (nSPS) is 10.3. The van der Waals surface area contributed by atoms with E-state index in [-0.39, 0.29) is 18.2 Å². The molecule has 0 aliphatic heterocycles. The number of nitrogens with two attached hydrogens (primary N) is 1. The fraction of sp³-hybridized carbons (Fsp3) is 0.167. The highest BCUT2D eigenvalue weighted by Crippen LogP contribution is 2.06. The van der Waals surface area contributed by atoms with Gasteiger partial charge in [-0.3, -0.25) is 10.2 Å². The maximum atomic E-state index is 10.8. The minimum absolute atomic E-state index is 0.0464. The van der Waals surface area contributed by atoms with Crippen LogP contribution in [0.3, 0.4) is 0 Å². The number of nitrogen functional groups attached to an aromatic ring is 1. The first-order valence-corrected chi connectivity index (χ1v) is 4.81. The van der Waals surface area contributed by atoms with Gasteiger partial charge >= 0.3 is 5.97 Å². The molecular weight excluding hydrogens is 204 g/mol. The van der Waals surface area contributed by atoms with Crippen LogP contribution in [-0.4, -0.2) is 18.9 Å². The highest BCUT2D eigenvalue weighted by atomic mass is 16.5. The molecule has 0 atom stereocenters. The largest absolute Gasteiger partial charge is 0.469 e. The molecular formula is C12H14N2O2. The Hall–Kier alpha value is -2.10. The van der Waals surface area contributed by atoms with Crippen molar-refractivity contribution in [1.29, 1.82) is 5.41 Å². The molecule has 4 nitrogen and oxygen atoms in total. The summed E-state index contributed by atoms with van der Waals surface area (Å²) in [6, 6.07) is 7.20. The minimum Gasteiger partial charge on any atom is -0.469 e. The molecule has 1 rings (SSSR count). The van der Waals surface area contributed by atoms with Gasteiger partial charge in [0.15, 0.2) is 0 Å². The van der Waals surface area contributed by atoms with E-state index in [0.29, 0.717) is 5.56 Å². The van der Waals surface area contributed by atoms with Crippen LogP contribution in [0, 0.1) is 5.41 Å². The van der Waals surface area contributed by atoms with Crippen LogP contribution in [0.15, 0.2) is 30.3 Å². The van der Waals surface area contributed by atoms with Crippen molar-refractivity contribution < 1.29 is 9.53 Å². The zero-order chi connectivity index (χ0) is 12.0. The zero-order valence-corrected chi connectivity index (χ0v) is 9.07. The Morgan fingerprint density at radius 1 is 1.44 bits per heavy atom. The molecule has 0 saturated carbocycles. The summed E-state index contributed by atoms with van der Waals surface area (Å²) in [5.41, 5.74) is 6.96. The van der Waals surface area contributed by atoms with Crippen LogP contribution >= 0.6 is 0 Å². The second kappa shape index (κ2) is 5.70. The van der Waals surface area contributed by atoms with Gasteiger partial charge in [0.1, 0.15) is 5.84 Å². The highest BCUT2D eigenvalue weighted by Gasteiger charge is 1.96. The van der Waals surface area contributed by atoms with E-state index in [1.165, 1.54) is 7.11 Å². The predicted molar refractivity (Wildman–Crippen MR) is 63.1 cm³/mol. The van der Waals surface area contributed by atoms with E-state index in [2.05, 4.69) is 4.74 Å². The van der Waals surface area contributed by atoms with Gasteiger partial charge in [0, 0.05) is 5.56 Å². The standard InChI is InChI=1S/C12H14N2O2/c1-16-11(15)4-2-3-9-5-7-10(8-6-9)12(13)14/h2-3,5-8H,4H2,1H3,(H3,13,14). The maximum Gasteiger partial charge on any atom is 0.309 e. The monoisotopic (exact) mass is 218 g/mol. The van der Waals surface area contributed by atoms with Crippen molar-refractivity contribution in [3.05, 3.63) is 41.5 Å². The fourth-order valence-electron chi connectivity index (χ4n) is 1.15. The number of amidine groups is 1. The Morgan fingerprint density at radius 2 is 2.06 bits per heavy atom. The van der Waals surface area contributed by atoms with Crippen molar-refractivity contribution in [2.24, 2.45) is 5.73 Å². The van der Waals surface area contributed by atoms with Crippen molar-refractivity contribution >= 4 is 17.9 Å². The summed E-state index contributed by atoms with van der Waals surface area (Å²) in [4.78, 5) is 10.8. The second-order valence-electron chi connectivity index (χ2n) is 3.22. The topological polar surface area (TPSA) is 76.2 Å². The first-order chi connectivity index (χ1) is 7.63. The van der Waals surface area contributed by atoms with Crippen LogP contribution in [0.25, 0.3) is 6.08 Å². The number of methoxy groups -OCH3 is 1. The molecule has 0 saturated heterocycles. The fourth-order valence-corrected chi connectivity index (χ4v) is 1.15. The lowest BCUT2D eigenvalue weighted by atomic mass is 10.1. The molecule has 3 N–H and O–H groups in total. The highest BCUT2D eigenvalue weighted by molar-refractivity contribution is 5.95. The first kappa shape index (κ1) is 12.0. The van der Waals surface area contributed by atoms with E-state index in [1.54, 1.807) is 18.2 Å². The zero-order valence-electron chi connectivity index (χ0n) is 9.07. The summed E-state index contributed by atoms with van der Waals surface area (Å²) in [6.07, 6.45) is 3.81. The van der Waals surface area contributed by atoms with Gasteiger partial charge in [0.25, 0.3) is 0 Å². The van der Waals surface area contributed by atoms with Gasteiger partial charge in [-0.1, -0.05) is 36.4 Å². The molecule has 0 amide bonds. The summed E-state index contributed by atoms with van der Waals surface area (Å²) in [6.45, 7) is 0. The van der Waals surface area contributed by atoms with Gasteiger partial charge in [-0.2, -0.15) is 0 Å². The molecule has 0 aliphatic carbocycles. The van der Waals surface area contributed by atoms with Crippen molar-refractivity contribution in [1.82, 2.24) is 0 Å². The number of ether oxygens (including phenoxy) is 1. The SMILES string of the molecule is COC(=O)CC=Cc1ccc(C(=N)N)cc1. The summed E-state index contributed by atoms with van der Waals surface area (Å²) in [5.74, 6) is -0.221. The predicted octanol–water partition coefficient (Wildman–Crippen LogP) is 1.55. The number of nitrogens with one attached hydrogen (secondary N) is 1. The first-order valence-electron chi connectivity index (χ1n) is 4.81. The molecule has 0 unspecified atom stereocenters. The molecule has 0 aromatic heterocycles. The molecule has 1 aromatic carbocycles. The molecule has 0 aliphatic rings. The van der Waals surface area contributed by atoms with E-state index < -0.39 is 0 Å². The van der Waals surface area contributed by atoms with Crippen molar-refractivity contribution in [3.63, 3.8) is 0 Å². The van der Waals surface area contributed by atoms with Crippen LogP contribution in [-0.2, 0) is 9.53 Å². The van der Waals surface area contributed by atoms with Crippen molar-refractivity contribution in [2.45, 2.75) is 6.42 Å². The Labute approximate surface area is 94.2 Å². The number of carbonyl (C=O) groups is 1. The van der Waals surface area contributed by atoms with Gasteiger partial charge in [0.2, 0.25) is 0 Å². The molecule has 4 heteroatoms. The third kappa shape index (κ3) is 3.57. The molecule has 0 bridgehead atoms. The molecule has 0 heterocycles. The number of hydrogen-bond donors (Lipinski definition) is 2. The van der Waals surface area contributed by atoms with Crippen LogP contribution < -0.4 is 5.73 Å². The lowest BCUT2D eigenvalue weighted by Gasteiger charge is -1.98. The van der Waals surface area contributed by atoms with Crippen molar-refractivity contribution in [2.75, 3.05) is 7.11 Å². The van der Waals surface area contributed by atoms with Gasteiger partial charge < -0.3 is 10.5 Å². The van der Waals surface area contributed by atoms with E-state index in [4.69, 9.17) is 11.1 Å². The third-order valence-electron chi connectivity index (χ3n) is 2.04. The van der Waals surface area contributed by atoms with Gasteiger partial charge in [0.05, 0.1) is 13.5 Å². The molecule has 84 valence electrons. The summed E-state index contributed by atoms with van der Waals surface area (Å²) < 4.78 is 4.50. The third-order valence-corrected chi connectivity index (χ3v) is 2.04. The number of rotatable bonds is 4. The lowest BCUT2D eigenvalue weighted by Crippen LogP contribution is -2.10. The van der Waals surface area contributed by atoms with E-state index in [9.17, 15) is 4.79 Å². The maximum absolute atomic E-state index is 10.8. The van der Waals surface area contributed by atoms with Crippen LogP contribution in [0.4, 0.5) is 0 Å². The second-order valence-corrected chi connectivity index (χ2v) is 3.22. The molecule has 0 fully saturated rings. The van der Waals surface area contributed by atoms with Gasteiger partial charge in [-0.15, -0.1) is 0 Å². The number of esters is 1. The lowest BCUT2D eigenvalue weighted by molar-refractivity contribution is -0.139. The van der Waals surface area contributed by atoms with E-state index >= 15 is 0 Å². The van der Waals surface area contributed by atoms with E-state index in [1.807, 2.05) is 18.2 Å². The molecule has 0 radical (unpaired) electrons.